The Bertz CT molecular complexity index is 1430. The molecule has 0 bridgehead atoms. The first-order chi connectivity index (χ1) is 19.0. The highest BCUT2D eigenvalue weighted by Gasteiger charge is 2.41. The molecule has 0 amide bonds. The molecule has 1 aromatic rings. The van der Waals surface area contributed by atoms with Crippen LogP contribution in [0, 0.1) is 21.7 Å². The van der Waals surface area contributed by atoms with Gasteiger partial charge in [-0.3, -0.25) is 19.2 Å². The lowest BCUT2D eigenvalue weighted by atomic mass is 9.68. The van der Waals surface area contributed by atoms with Crippen molar-refractivity contribution in [2.75, 3.05) is 0 Å². The van der Waals surface area contributed by atoms with Crippen molar-refractivity contribution in [1.29, 1.82) is 0 Å². The van der Waals surface area contributed by atoms with Crippen molar-refractivity contribution in [2.24, 2.45) is 21.7 Å². The molecule has 0 saturated heterocycles. The zero-order chi connectivity index (χ0) is 31.7. The van der Waals surface area contributed by atoms with Gasteiger partial charge in [-0.1, -0.05) is 107 Å². The first-order valence-corrected chi connectivity index (χ1v) is 14.7. The summed E-state index contributed by atoms with van der Waals surface area (Å²) in [5, 5.41) is 0. The fourth-order valence-corrected chi connectivity index (χ4v) is 5.70. The predicted octanol–water partition coefficient (Wildman–Crippen LogP) is 8.71. The number of Topliss-reactive ketones (excluding diaryl/α,β-unsaturated/α-hetero) is 4. The maximum Gasteiger partial charge on any atom is 0.195 e. The molecular formula is C38H44O4. The average Bonchev–Trinajstić information content (AvgIpc) is 2.84. The highest BCUT2D eigenvalue weighted by molar-refractivity contribution is 6.32. The SMILES string of the molecule is CC(C)(C)C1=CC(=C2C(=O)c3ccccc3C(=O)C2=C2C=C(C(C)(C)C)C(=O)C(C(C)(C)C)=C2)C=C(C(C)(C)C)C1=O. The maximum absolute atomic E-state index is 14.4. The summed E-state index contributed by atoms with van der Waals surface area (Å²) in [6, 6.07) is 6.89. The molecule has 3 aliphatic rings. The Labute approximate surface area is 251 Å². The van der Waals surface area contributed by atoms with Crippen LogP contribution in [0.2, 0.25) is 0 Å². The Hall–Kier alpha value is -3.66. The van der Waals surface area contributed by atoms with Gasteiger partial charge in [-0.2, -0.15) is 0 Å². The van der Waals surface area contributed by atoms with E-state index in [9.17, 15) is 19.2 Å². The van der Waals surface area contributed by atoms with Crippen molar-refractivity contribution in [2.45, 2.75) is 83.1 Å². The molecule has 0 N–H and O–H groups in total. The number of benzene rings is 1. The minimum atomic E-state index is -0.490. The molecule has 3 aliphatic carbocycles. The van der Waals surface area contributed by atoms with Crippen molar-refractivity contribution in [3.05, 3.63) is 104 Å². The van der Waals surface area contributed by atoms with E-state index in [4.69, 9.17) is 0 Å². The molecule has 0 spiro atoms. The van der Waals surface area contributed by atoms with Crippen LogP contribution in [0.15, 0.2) is 93.2 Å². The van der Waals surface area contributed by atoms with E-state index < -0.39 is 21.7 Å². The van der Waals surface area contributed by atoms with Gasteiger partial charge in [-0.05, 0) is 57.1 Å². The van der Waals surface area contributed by atoms with Crippen LogP contribution in [-0.2, 0) is 9.59 Å². The largest absolute Gasteiger partial charge is 0.289 e. The van der Waals surface area contributed by atoms with E-state index in [1.165, 1.54) is 0 Å². The van der Waals surface area contributed by atoms with E-state index in [2.05, 4.69) is 0 Å². The number of rotatable bonds is 0. The summed E-state index contributed by atoms with van der Waals surface area (Å²) in [6.07, 6.45) is 7.18. The second-order valence-corrected chi connectivity index (χ2v) is 15.8. The Balaban J connectivity index is 2.25. The van der Waals surface area contributed by atoms with E-state index in [0.717, 1.165) is 0 Å². The van der Waals surface area contributed by atoms with Crippen LogP contribution in [0.25, 0.3) is 0 Å². The number of carbonyl (C=O) groups is 4. The zero-order valence-corrected chi connectivity index (χ0v) is 27.3. The Morgan fingerprint density at radius 2 is 0.619 bits per heavy atom. The Morgan fingerprint density at radius 1 is 0.381 bits per heavy atom. The van der Waals surface area contributed by atoms with Crippen LogP contribution < -0.4 is 0 Å². The van der Waals surface area contributed by atoms with Crippen LogP contribution in [0.4, 0.5) is 0 Å². The molecule has 1 aromatic carbocycles. The summed E-state index contributed by atoms with van der Waals surface area (Å²) in [7, 11) is 0. The van der Waals surface area contributed by atoms with Crippen LogP contribution in [0.3, 0.4) is 0 Å². The fourth-order valence-electron chi connectivity index (χ4n) is 5.70. The third kappa shape index (κ3) is 5.44. The van der Waals surface area contributed by atoms with Gasteiger partial charge in [0, 0.05) is 44.6 Å². The van der Waals surface area contributed by atoms with Gasteiger partial charge in [0.05, 0.1) is 0 Å². The molecule has 0 saturated carbocycles. The number of ketones is 4. The van der Waals surface area contributed by atoms with Crippen LogP contribution in [0.5, 0.6) is 0 Å². The molecule has 0 aromatic heterocycles. The number of hydrogen-bond donors (Lipinski definition) is 0. The normalized spacial score (nSPS) is 19.0. The summed E-state index contributed by atoms with van der Waals surface area (Å²) in [6.45, 7) is 23.8. The second-order valence-electron chi connectivity index (χ2n) is 15.8. The fraction of sp³-hybridized carbons (Fsp3) is 0.421. The molecular weight excluding hydrogens is 520 g/mol. The third-order valence-electron chi connectivity index (χ3n) is 8.11. The molecule has 0 unspecified atom stereocenters. The minimum Gasteiger partial charge on any atom is -0.289 e. The van der Waals surface area contributed by atoms with E-state index in [1.807, 2.05) is 83.1 Å². The Kier molecular flexibility index (Phi) is 7.42. The lowest BCUT2D eigenvalue weighted by Gasteiger charge is -2.34. The number of carbonyl (C=O) groups excluding carboxylic acids is 4. The van der Waals surface area contributed by atoms with Crippen LogP contribution in [-0.4, -0.2) is 23.1 Å². The average molecular weight is 565 g/mol. The predicted molar refractivity (Wildman–Crippen MR) is 169 cm³/mol. The number of hydrogen-bond acceptors (Lipinski definition) is 4. The van der Waals surface area contributed by atoms with Gasteiger partial charge in [0.2, 0.25) is 0 Å². The molecule has 4 rings (SSSR count). The molecule has 220 valence electrons. The first kappa shape index (κ1) is 31.3. The highest BCUT2D eigenvalue weighted by atomic mass is 16.1. The molecule has 0 atom stereocenters. The summed E-state index contributed by atoms with van der Waals surface area (Å²) >= 11 is 0. The molecule has 4 heteroatoms. The smallest absolute Gasteiger partial charge is 0.195 e. The van der Waals surface area contributed by atoms with E-state index >= 15 is 0 Å². The molecule has 0 heterocycles. The maximum atomic E-state index is 14.4. The van der Waals surface area contributed by atoms with Gasteiger partial charge in [0.1, 0.15) is 0 Å². The lowest BCUT2D eigenvalue weighted by Crippen LogP contribution is -2.31. The summed E-state index contributed by atoms with van der Waals surface area (Å²) in [5.74, 6) is -0.618. The highest BCUT2D eigenvalue weighted by Crippen LogP contribution is 2.45. The summed E-state index contributed by atoms with van der Waals surface area (Å²) in [4.78, 5) is 56.3. The van der Waals surface area contributed by atoms with Crippen molar-refractivity contribution in [3.63, 3.8) is 0 Å². The number of allylic oxidation sites excluding steroid dienone is 12. The molecule has 0 radical (unpaired) electrons. The van der Waals surface area contributed by atoms with Crippen molar-refractivity contribution in [1.82, 2.24) is 0 Å². The zero-order valence-electron chi connectivity index (χ0n) is 27.3. The summed E-state index contributed by atoms with van der Waals surface area (Å²) in [5.41, 5.74) is 2.74. The molecule has 0 fully saturated rings. The van der Waals surface area contributed by atoms with Gasteiger partial charge < -0.3 is 0 Å². The van der Waals surface area contributed by atoms with Gasteiger partial charge in [-0.25, -0.2) is 0 Å². The van der Waals surface area contributed by atoms with Crippen molar-refractivity contribution in [3.8, 4) is 0 Å². The third-order valence-corrected chi connectivity index (χ3v) is 8.11. The van der Waals surface area contributed by atoms with E-state index in [0.29, 0.717) is 44.6 Å². The van der Waals surface area contributed by atoms with E-state index in [-0.39, 0.29) is 34.3 Å². The summed E-state index contributed by atoms with van der Waals surface area (Å²) < 4.78 is 0. The minimum absolute atomic E-state index is 0.0448. The monoisotopic (exact) mass is 564 g/mol. The van der Waals surface area contributed by atoms with Crippen molar-refractivity contribution < 1.29 is 19.2 Å². The van der Waals surface area contributed by atoms with Crippen LogP contribution in [0.1, 0.15) is 104 Å². The van der Waals surface area contributed by atoms with E-state index in [1.54, 1.807) is 48.6 Å². The van der Waals surface area contributed by atoms with Gasteiger partial charge in [-0.15, -0.1) is 0 Å². The standard InChI is InChI=1S/C38H44O4/c1-35(2,3)25-17-21(18-26(33(25)41)36(4,5)6)29-30(32(40)24-16-14-13-15-23(24)31(29)39)22-19-27(37(7,8)9)34(42)28(20-22)38(10,11)12/h13-20H,1-12H3. The lowest BCUT2D eigenvalue weighted by molar-refractivity contribution is -0.114. The van der Waals surface area contributed by atoms with Crippen molar-refractivity contribution >= 4 is 23.1 Å². The first-order valence-electron chi connectivity index (χ1n) is 14.7. The molecule has 4 nitrogen and oxygen atoms in total. The second kappa shape index (κ2) is 9.97. The van der Waals surface area contributed by atoms with Gasteiger partial charge in [0.25, 0.3) is 0 Å². The topological polar surface area (TPSA) is 68.3 Å². The van der Waals surface area contributed by atoms with Gasteiger partial charge >= 0.3 is 0 Å². The van der Waals surface area contributed by atoms with Gasteiger partial charge in [0.15, 0.2) is 23.1 Å². The number of fused-ring (bicyclic) bond motifs is 1. The molecule has 0 aliphatic heterocycles. The Morgan fingerprint density at radius 3 is 0.833 bits per heavy atom. The molecule has 42 heavy (non-hydrogen) atoms. The quantitative estimate of drug-likeness (QED) is 0.296. The van der Waals surface area contributed by atoms with Crippen LogP contribution >= 0.6 is 0 Å².